The highest BCUT2D eigenvalue weighted by molar-refractivity contribution is 7.80. The Morgan fingerprint density at radius 3 is 2.62 bits per heavy atom. The molecular formula is C12H19N3S. The second-order valence-electron chi connectivity index (χ2n) is 3.80. The van der Waals surface area contributed by atoms with Crippen LogP contribution in [0.15, 0.2) is 12.1 Å². The molecular weight excluding hydrogens is 218 g/mol. The average Bonchev–Trinajstić information content (AvgIpc) is 2.24. The fourth-order valence-corrected chi connectivity index (χ4v) is 1.78. The van der Waals surface area contributed by atoms with E-state index in [1.807, 2.05) is 19.1 Å². The molecule has 0 saturated heterocycles. The molecule has 0 aliphatic rings. The zero-order valence-corrected chi connectivity index (χ0v) is 11.0. The lowest BCUT2D eigenvalue weighted by Gasteiger charge is -2.22. The number of aryl methyl sites for hydroxylation is 1. The molecule has 0 radical (unpaired) electrons. The smallest absolute Gasteiger partial charge is 0.129 e. The number of hydrogen-bond donors (Lipinski definition) is 1. The Bertz CT molecular complexity index is 377. The van der Waals surface area contributed by atoms with Crippen molar-refractivity contribution in [1.29, 1.82) is 0 Å². The maximum Gasteiger partial charge on any atom is 0.129 e. The molecule has 0 aliphatic heterocycles. The van der Waals surface area contributed by atoms with Gasteiger partial charge < -0.3 is 10.6 Å². The molecule has 0 fully saturated rings. The van der Waals surface area contributed by atoms with Crippen molar-refractivity contribution in [2.45, 2.75) is 27.2 Å². The number of nitrogens with zero attached hydrogens (tertiary/aromatic N) is 2. The largest absolute Gasteiger partial charge is 0.389 e. The summed E-state index contributed by atoms with van der Waals surface area (Å²) in [5.41, 5.74) is 7.50. The summed E-state index contributed by atoms with van der Waals surface area (Å²) in [5, 5.41) is 0. The minimum Gasteiger partial charge on any atom is -0.389 e. The highest BCUT2D eigenvalue weighted by Gasteiger charge is 2.08. The van der Waals surface area contributed by atoms with E-state index in [-0.39, 0.29) is 0 Å². The Kier molecular flexibility index (Phi) is 4.68. The third-order valence-electron chi connectivity index (χ3n) is 2.42. The second-order valence-corrected chi connectivity index (χ2v) is 4.24. The SMILES string of the molecule is CCCN(CC)c1cc(C(N)=S)cc(C)n1. The van der Waals surface area contributed by atoms with Gasteiger partial charge in [0.2, 0.25) is 0 Å². The summed E-state index contributed by atoms with van der Waals surface area (Å²) in [6.45, 7) is 8.20. The summed E-state index contributed by atoms with van der Waals surface area (Å²) in [6.07, 6.45) is 1.10. The zero-order valence-electron chi connectivity index (χ0n) is 10.2. The first-order chi connectivity index (χ1) is 7.58. The monoisotopic (exact) mass is 237 g/mol. The Morgan fingerprint density at radius 1 is 1.44 bits per heavy atom. The Balaban J connectivity index is 3.07. The molecule has 1 rings (SSSR count). The van der Waals surface area contributed by atoms with Gasteiger partial charge in [0.05, 0.1) is 0 Å². The van der Waals surface area contributed by atoms with Crippen molar-refractivity contribution in [1.82, 2.24) is 4.98 Å². The molecule has 88 valence electrons. The van der Waals surface area contributed by atoms with E-state index in [4.69, 9.17) is 18.0 Å². The van der Waals surface area contributed by atoms with E-state index in [0.29, 0.717) is 4.99 Å². The van der Waals surface area contributed by atoms with Crippen LogP contribution < -0.4 is 10.6 Å². The van der Waals surface area contributed by atoms with Crippen molar-refractivity contribution in [2.24, 2.45) is 5.73 Å². The summed E-state index contributed by atoms with van der Waals surface area (Å²) in [6, 6.07) is 3.89. The fraction of sp³-hybridized carbons (Fsp3) is 0.500. The predicted octanol–water partition coefficient (Wildman–Crippen LogP) is 2.26. The third kappa shape index (κ3) is 3.17. The topological polar surface area (TPSA) is 42.1 Å². The molecule has 0 amide bonds. The lowest BCUT2D eigenvalue weighted by atomic mass is 10.2. The van der Waals surface area contributed by atoms with Gasteiger partial charge in [-0.2, -0.15) is 0 Å². The van der Waals surface area contributed by atoms with Gasteiger partial charge in [-0.25, -0.2) is 4.98 Å². The van der Waals surface area contributed by atoms with Crippen molar-refractivity contribution >= 4 is 23.0 Å². The molecule has 1 heterocycles. The van der Waals surface area contributed by atoms with Crippen LogP contribution in [-0.2, 0) is 0 Å². The van der Waals surface area contributed by atoms with E-state index in [1.165, 1.54) is 0 Å². The van der Waals surface area contributed by atoms with Crippen molar-refractivity contribution in [3.63, 3.8) is 0 Å². The molecule has 1 aromatic heterocycles. The predicted molar refractivity (Wildman–Crippen MR) is 73.0 cm³/mol. The zero-order chi connectivity index (χ0) is 12.1. The van der Waals surface area contributed by atoms with Crippen LogP contribution in [0.1, 0.15) is 31.5 Å². The van der Waals surface area contributed by atoms with Crippen LogP contribution in [0.25, 0.3) is 0 Å². The lowest BCUT2D eigenvalue weighted by Crippen LogP contribution is -2.25. The first kappa shape index (κ1) is 12.9. The van der Waals surface area contributed by atoms with Crippen LogP contribution in [-0.4, -0.2) is 23.1 Å². The van der Waals surface area contributed by atoms with Gasteiger partial charge in [-0.05, 0) is 32.4 Å². The van der Waals surface area contributed by atoms with Crippen molar-refractivity contribution in [2.75, 3.05) is 18.0 Å². The van der Waals surface area contributed by atoms with E-state index in [9.17, 15) is 0 Å². The van der Waals surface area contributed by atoms with E-state index < -0.39 is 0 Å². The molecule has 0 spiro atoms. The van der Waals surface area contributed by atoms with Crippen LogP contribution in [0.4, 0.5) is 5.82 Å². The minimum absolute atomic E-state index is 0.430. The van der Waals surface area contributed by atoms with Crippen LogP contribution in [0.3, 0.4) is 0 Å². The number of anilines is 1. The lowest BCUT2D eigenvalue weighted by molar-refractivity contribution is 0.776. The normalized spacial score (nSPS) is 10.2. The van der Waals surface area contributed by atoms with Gasteiger partial charge in [0.15, 0.2) is 0 Å². The van der Waals surface area contributed by atoms with E-state index >= 15 is 0 Å². The number of hydrogen-bond acceptors (Lipinski definition) is 3. The number of aromatic nitrogens is 1. The molecule has 16 heavy (non-hydrogen) atoms. The van der Waals surface area contributed by atoms with Crippen LogP contribution in [0, 0.1) is 6.92 Å². The van der Waals surface area contributed by atoms with Gasteiger partial charge in [0.25, 0.3) is 0 Å². The van der Waals surface area contributed by atoms with E-state index in [1.54, 1.807) is 0 Å². The van der Waals surface area contributed by atoms with Crippen molar-refractivity contribution in [3.05, 3.63) is 23.4 Å². The Labute approximate surface area is 103 Å². The number of pyridine rings is 1. The first-order valence-electron chi connectivity index (χ1n) is 5.61. The summed E-state index contributed by atoms with van der Waals surface area (Å²) in [5.74, 6) is 0.965. The summed E-state index contributed by atoms with van der Waals surface area (Å²) in [7, 11) is 0. The molecule has 0 aromatic carbocycles. The van der Waals surface area contributed by atoms with E-state index in [0.717, 1.165) is 36.6 Å². The molecule has 2 N–H and O–H groups in total. The molecule has 3 nitrogen and oxygen atoms in total. The molecule has 0 unspecified atom stereocenters. The molecule has 0 atom stereocenters. The van der Waals surface area contributed by atoms with Crippen LogP contribution in [0.2, 0.25) is 0 Å². The van der Waals surface area contributed by atoms with Gasteiger partial charge in [0, 0.05) is 24.3 Å². The average molecular weight is 237 g/mol. The molecule has 4 heteroatoms. The van der Waals surface area contributed by atoms with Crippen LogP contribution >= 0.6 is 12.2 Å². The Morgan fingerprint density at radius 2 is 2.12 bits per heavy atom. The first-order valence-corrected chi connectivity index (χ1v) is 6.02. The summed E-state index contributed by atoms with van der Waals surface area (Å²) in [4.78, 5) is 7.18. The molecule has 0 saturated carbocycles. The van der Waals surface area contributed by atoms with Crippen molar-refractivity contribution in [3.8, 4) is 0 Å². The summed E-state index contributed by atoms with van der Waals surface area (Å²) < 4.78 is 0. The minimum atomic E-state index is 0.430. The number of nitrogens with two attached hydrogens (primary N) is 1. The number of rotatable bonds is 5. The van der Waals surface area contributed by atoms with Gasteiger partial charge in [-0.1, -0.05) is 19.1 Å². The highest BCUT2D eigenvalue weighted by atomic mass is 32.1. The standard InChI is InChI=1S/C12H19N3S/c1-4-6-15(5-2)11-8-10(12(13)16)7-9(3)14-11/h7-8H,4-6H2,1-3H3,(H2,13,16). The molecule has 1 aromatic rings. The fourth-order valence-electron chi connectivity index (χ4n) is 1.66. The number of thiocarbonyl (C=S) groups is 1. The summed E-state index contributed by atoms with van der Waals surface area (Å²) >= 11 is 5.00. The molecule has 0 bridgehead atoms. The third-order valence-corrected chi connectivity index (χ3v) is 2.66. The Hall–Kier alpha value is -1.16. The van der Waals surface area contributed by atoms with Gasteiger partial charge in [0.1, 0.15) is 10.8 Å². The second kappa shape index (κ2) is 5.80. The van der Waals surface area contributed by atoms with Gasteiger partial charge in [-0.3, -0.25) is 0 Å². The molecule has 0 aliphatic carbocycles. The van der Waals surface area contributed by atoms with Gasteiger partial charge >= 0.3 is 0 Å². The van der Waals surface area contributed by atoms with Crippen molar-refractivity contribution < 1.29 is 0 Å². The van der Waals surface area contributed by atoms with Gasteiger partial charge in [-0.15, -0.1) is 0 Å². The quantitative estimate of drug-likeness (QED) is 0.798. The highest BCUT2D eigenvalue weighted by Crippen LogP contribution is 2.15. The van der Waals surface area contributed by atoms with E-state index in [2.05, 4.69) is 23.7 Å². The maximum absolute atomic E-state index is 5.65. The van der Waals surface area contributed by atoms with Crippen LogP contribution in [0.5, 0.6) is 0 Å². The maximum atomic E-state index is 5.65.